The molecule has 1 N–H and O–H groups in total. The van der Waals surface area contributed by atoms with Crippen molar-refractivity contribution in [3.8, 4) is 0 Å². The molecule has 9 nitrogen and oxygen atoms in total. The van der Waals surface area contributed by atoms with Gasteiger partial charge >= 0.3 is 0 Å². The van der Waals surface area contributed by atoms with Gasteiger partial charge in [-0.2, -0.15) is 0 Å². The minimum atomic E-state index is 0.00545. The Morgan fingerprint density at radius 1 is 0.920 bits per heavy atom. The molecular formula is C16H32N4O5. The average Bonchev–Trinajstić information content (AvgIpc) is 2.56. The maximum absolute atomic E-state index is 11.6. The molecule has 0 atom stereocenters. The van der Waals surface area contributed by atoms with Gasteiger partial charge in [-0.1, -0.05) is 25.9 Å². The van der Waals surface area contributed by atoms with E-state index in [9.17, 15) is 4.79 Å². The lowest BCUT2D eigenvalue weighted by molar-refractivity contribution is -0.122. The number of carbonyl (C=O) groups is 1. The number of hydrogen-bond donors (Lipinski definition) is 1. The third-order valence-electron chi connectivity index (χ3n) is 2.80. The maximum atomic E-state index is 11.6. The minimum absolute atomic E-state index is 0.00545. The van der Waals surface area contributed by atoms with Crippen molar-refractivity contribution < 1.29 is 23.7 Å². The van der Waals surface area contributed by atoms with Gasteiger partial charge in [0.2, 0.25) is 5.91 Å². The first-order chi connectivity index (χ1) is 12.0. The Labute approximate surface area is 150 Å². The Balaban J connectivity index is 3.18. The predicted molar refractivity (Wildman–Crippen MR) is 94.4 cm³/mol. The van der Waals surface area contributed by atoms with Crippen LogP contribution in [0, 0.1) is 5.41 Å². The maximum Gasteiger partial charge on any atom is 0.222 e. The highest BCUT2D eigenvalue weighted by Crippen LogP contribution is 2.10. The Morgan fingerprint density at radius 2 is 1.40 bits per heavy atom. The molecule has 0 aromatic rings. The third-order valence-corrected chi connectivity index (χ3v) is 2.80. The van der Waals surface area contributed by atoms with Crippen LogP contribution in [-0.4, -0.2) is 71.9 Å². The second-order valence-electron chi connectivity index (χ2n) is 6.49. The zero-order chi connectivity index (χ0) is 18.8. The minimum Gasteiger partial charge on any atom is -0.379 e. The molecule has 9 heteroatoms. The first-order valence-corrected chi connectivity index (χ1v) is 8.54. The molecule has 25 heavy (non-hydrogen) atoms. The monoisotopic (exact) mass is 360 g/mol. The van der Waals surface area contributed by atoms with Gasteiger partial charge < -0.3 is 24.3 Å². The summed E-state index contributed by atoms with van der Waals surface area (Å²) >= 11 is 0. The summed E-state index contributed by atoms with van der Waals surface area (Å²) in [5.41, 5.74) is 8.16. The van der Waals surface area contributed by atoms with Crippen molar-refractivity contribution in [2.24, 2.45) is 10.5 Å². The second kappa shape index (κ2) is 16.1. The van der Waals surface area contributed by atoms with Crippen LogP contribution in [-0.2, 0) is 23.7 Å². The van der Waals surface area contributed by atoms with Crippen molar-refractivity contribution in [2.75, 3.05) is 65.9 Å². The van der Waals surface area contributed by atoms with E-state index < -0.39 is 0 Å². The molecule has 0 unspecified atom stereocenters. The number of carbonyl (C=O) groups excluding carboxylic acids is 1. The van der Waals surface area contributed by atoms with Gasteiger partial charge in [0.15, 0.2) is 0 Å². The highest BCUT2D eigenvalue weighted by molar-refractivity contribution is 5.75. The van der Waals surface area contributed by atoms with Crippen molar-refractivity contribution in [2.45, 2.75) is 27.2 Å². The van der Waals surface area contributed by atoms with Gasteiger partial charge in [0.05, 0.1) is 52.9 Å². The highest BCUT2D eigenvalue weighted by Gasteiger charge is 2.11. The molecule has 0 aliphatic carbocycles. The first kappa shape index (κ1) is 23.6. The quantitative estimate of drug-likeness (QED) is 0.195. The topological polar surface area (TPSA) is 115 Å². The molecule has 0 aliphatic rings. The molecule has 0 aromatic carbocycles. The van der Waals surface area contributed by atoms with Gasteiger partial charge in [-0.15, -0.1) is 0 Å². The fraction of sp³-hybridized carbons (Fsp3) is 0.938. The van der Waals surface area contributed by atoms with E-state index >= 15 is 0 Å². The van der Waals surface area contributed by atoms with Gasteiger partial charge in [0.25, 0.3) is 0 Å². The first-order valence-electron chi connectivity index (χ1n) is 8.54. The van der Waals surface area contributed by atoms with Crippen molar-refractivity contribution in [1.29, 1.82) is 0 Å². The zero-order valence-electron chi connectivity index (χ0n) is 15.7. The van der Waals surface area contributed by atoms with E-state index in [1.165, 1.54) is 0 Å². The standard InChI is InChI=1S/C16H32N4O5/c1-16(2,3)14-18-15(21)4-6-22-8-10-24-12-13-25-11-9-23-7-5-19-20-17/h4-14H2,1-3H3,(H,18,21). The zero-order valence-corrected chi connectivity index (χ0v) is 15.7. The van der Waals surface area contributed by atoms with Crippen LogP contribution in [0.4, 0.5) is 0 Å². The lowest BCUT2D eigenvalue weighted by Crippen LogP contribution is -2.32. The molecule has 0 radical (unpaired) electrons. The van der Waals surface area contributed by atoms with Gasteiger partial charge in [-0.25, -0.2) is 0 Å². The summed E-state index contributed by atoms with van der Waals surface area (Å²) in [6.07, 6.45) is 0.360. The molecule has 0 saturated carbocycles. The Kier molecular flexibility index (Phi) is 15.2. The summed E-state index contributed by atoms with van der Waals surface area (Å²) in [5.74, 6) is 0.00545. The van der Waals surface area contributed by atoms with Crippen molar-refractivity contribution in [3.63, 3.8) is 0 Å². The van der Waals surface area contributed by atoms with E-state index in [2.05, 4.69) is 36.1 Å². The van der Waals surface area contributed by atoms with Crippen molar-refractivity contribution >= 4 is 5.91 Å². The third kappa shape index (κ3) is 20.6. The molecule has 0 aromatic heterocycles. The molecule has 0 bridgehead atoms. The number of ether oxygens (including phenoxy) is 4. The number of hydrogen-bond acceptors (Lipinski definition) is 6. The number of amides is 1. The van der Waals surface area contributed by atoms with Gasteiger partial charge in [0.1, 0.15) is 0 Å². The van der Waals surface area contributed by atoms with Gasteiger partial charge in [-0.05, 0) is 10.9 Å². The lowest BCUT2D eigenvalue weighted by atomic mass is 9.97. The van der Waals surface area contributed by atoms with E-state index in [0.29, 0.717) is 72.4 Å². The van der Waals surface area contributed by atoms with E-state index in [1.807, 2.05) is 0 Å². The van der Waals surface area contributed by atoms with Crippen LogP contribution in [0.5, 0.6) is 0 Å². The van der Waals surface area contributed by atoms with E-state index in [4.69, 9.17) is 24.5 Å². The fourth-order valence-corrected chi connectivity index (χ4v) is 1.53. The normalized spacial score (nSPS) is 11.2. The molecule has 1 amide bonds. The van der Waals surface area contributed by atoms with E-state index in [0.717, 1.165) is 0 Å². The van der Waals surface area contributed by atoms with Crippen molar-refractivity contribution in [1.82, 2.24) is 5.32 Å². The van der Waals surface area contributed by atoms with Gasteiger partial charge in [-0.3, -0.25) is 4.79 Å². The lowest BCUT2D eigenvalue weighted by Gasteiger charge is -2.18. The number of rotatable bonds is 16. The number of nitrogens with zero attached hydrogens (tertiary/aromatic N) is 3. The molecule has 0 saturated heterocycles. The Hall–Kier alpha value is -1.38. The SMILES string of the molecule is CC(C)(C)CNC(=O)CCOCCOCCOCCOCCN=[N+]=[N-]. The Bertz CT molecular complexity index is 381. The van der Waals surface area contributed by atoms with Crippen molar-refractivity contribution in [3.05, 3.63) is 10.4 Å². The molecule has 0 spiro atoms. The summed E-state index contributed by atoms with van der Waals surface area (Å²) in [5, 5.41) is 6.22. The molecular weight excluding hydrogens is 328 g/mol. The average molecular weight is 360 g/mol. The van der Waals surface area contributed by atoms with Crippen LogP contribution in [0.3, 0.4) is 0 Å². The molecule has 0 fully saturated rings. The Morgan fingerprint density at radius 3 is 1.88 bits per heavy atom. The van der Waals surface area contributed by atoms with E-state index in [1.54, 1.807) is 0 Å². The summed E-state index contributed by atoms with van der Waals surface area (Å²) in [7, 11) is 0. The van der Waals surface area contributed by atoms with E-state index in [-0.39, 0.29) is 11.3 Å². The molecule has 146 valence electrons. The summed E-state index contributed by atoms with van der Waals surface area (Å²) in [6.45, 7) is 10.8. The summed E-state index contributed by atoms with van der Waals surface area (Å²) in [6, 6.07) is 0. The molecule has 0 rings (SSSR count). The van der Waals surface area contributed by atoms with Crippen LogP contribution < -0.4 is 5.32 Å². The van der Waals surface area contributed by atoms with Crippen LogP contribution in [0.2, 0.25) is 0 Å². The molecule has 0 aliphatic heterocycles. The van der Waals surface area contributed by atoms with Crippen LogP contribution in [0.15, 0.2) is 5.11 Å². The predicted octanol–water partition coefficient (Wildman–Crippen LogP) is 1.92. The van der Waals surface area contributed by atoms with Crippen LogP contribution in [0.1, 0.15) is 27.2 Å². The van der Waals surface area contributed by atoms with Crippen LogP contribution in [0.25, 0.3) is 10.4 Å². The number of azide groups is 1. The highest BCUT2D eigenvalue weighted by atomic mass is 16.6. The summed E-state index contributed by atoms with van der Waals surface area (Å²) in [4.78, 5) is 14.2. The van der Waals surface area contributed by atoms with Gasteiger partial charge in [0, 0.05) is 24.4 Å². The second-order valence-corrected chi connectivity index (χ2v) is 6.49. The largest absolute Gasteiger partial charge is 0.379 e. The smallest absolute Gasteiger partial charge is 0.222 e. The summed E-state index contributed by atoms with van der Waals surface area (Å²) < 4.78 is 21.2. The number of nitrogens with one attached hydrogen (secondary N) is 1. The fourth-order valence-electron chi connectivity index (χ4n) is 1.53. The molecule has 0 heterocycles. The van der Waals surface area contributed by atoms with Crippen LogP contribution >= 0.6 is 0 Å².